The van der Waals surface area contributed by atoms with Crippen molar-refractivity contribution < 1.29 is 9.90 Å². The maximum atomic E-state index is 11.0. The predicted molar refractivity (Wildman–Crippen MR) is 70.4 cm³/mol. The van der Waals surface area contributed by atoms with Crippen LogP contribution in [0.2, 0.25) is 0 Å². The van der Waals surface area contributed by atoms with E-state index in [1.54, 1.807) is 11.3 Å². The van der Waals surface area contributed by atoms with Crippen LogP contribution in [0.5, 0.6) is 0 Å². The highest BCUT2D eigenvalue weighted by molar-refractivity contribution is 7.09. The number of carboxylic acid groups (broad SMARTS) is 1. The van der Waals surface area contributed by atoms with Crippen molar-refractivity contribution in [1.82, 2.24) is 0 Å². The molecule has 1 aliphatic carbocycles. The second-order valence-corrected chi connectivity index (χ2v) is 6.24. The Morgan fingerprint density at radius 1 is 1.35 bits per heavy atom. The van der Waals surface area contributed by atoms with Crippen LogP contribution in [0.1, 0.15) is 49.8 Å². The van der Waals surface area contributed by atoms with Crippen molar-refractivity contribution in [3.63, 3.8) is 0 Å². The van der Waals surface area contributed by atoms with E-state index in [0.29, 0.717) is 6.42 Å². The first-order valence-electron chi connectivity index (χ1n) is 6.44. The average molecular weight is 252 g/mol. The SMILES string of the molecule is O=C(O)CC1(CCc2cccs2)CCCCC1. The third kappa shape index (κ3) is 3.56. The van der Waals surface area contributed by atoms with Crippen LogP contribution in [0.15, 0.2) is 17.5 Å². The molecule has 1 saturated carbocycles. The van der Waals surface area contributed by atoms with E-state index in [1.807, 2.05) is 0 Å². The van der Waals surface area contributed by atoms with E-state index in [-0.39, 0.29) is 5.41 Å². The molecule has 1 N–H and O–H groups in total. The van der Waals surface area contributed by atoms with E-state index in [0.717, 1.165) is 25.7 Å². The van der Waals surface area contributed by atoms with E-state index in [4.69, 9.17) is 5.11 Å². The third-order valence-electron chi connectivity index (χ3n) is 3.92. The van der Waals surface area contributed by atoms with Gasteiger partial charge in [0.2, 0.25) is 0 Å². The van der Waals surface area contributed by atoms with Crippen LogP contribution in [0, 0.1) is 5.41 Å². The van der Waals surface area contributed by atoms with Crippen molar-refractivity contribution in [2.24, 2.45) is 5.41 Å². The summed E-state index contributed by atoms with van der Waals surface area (Å²) in [6.07, 6.45) is 8.34. The van der Waals surface area contributed by atoms with Crippen LogP contribution in [-0.2, 0) is 11.2 Å². The molecule has 0 spiro atoms. The van der Waals surface area contributed by atoms with Crippen molar-refractivity contribution in [1.29, 1.82) is 0 Å². The third-order valence-corrected chi connectivity index (χ3v) is 4.86. The van der Waals surface area contributed by atoms with Crippen molar-refractivity contribution in [2.75, 3.05) is 0 Å². The minimum atomic E-state index is -0.627. The number of aryl methyl sites for hydroxylation is 1. The summed E-state index contributed by atoms with van der Waals surface area (Å²) < 4.78 is 0. The zero-order valence-electron chi connectivity index (χ0n) is 10.2. The zero-order chi connectivity index (χ0) is 12.1. The monoisotopic (exact) mass is 252 g/mol. The van der Waals surface area contributed by atoms with Gasteiger partial charge >= 0.3 is 5.97 Å². The summed E-state index contributed by atoms with van der Waals surface area (Å²) in [6.45, 7) is 0. The minimum Gasteiger partial charge on any atom is -0.481 e. The van der Waals surface area contributed by atoms with Crippen LogP contribution < -0.4 is 0 Å². The highest BCUT2D eigenvalue weighted by Crippen LogP contribution is 2.43. The molecule has 94 valence electrons. The van der Waals surface area contributed by atoms with Crippen LogP contribution in [0.3, 0.4) is 0 Å². The molecule has 1 aliphatic rings. The quantitative estimate of drug-likeness (QED) is 0.856. The Balaban J connectivity index is 1.97. The second kappa shape index (κ2) is 5.67. The number of thiophene rings is 1. The summed E-state index contributed by atoms with van der Waals surface area (Å²) in [5.74, 6) is -0.627. The van der Waals surface area contributed by atoms with Crippen molar-refractivity contribution >= 4 is 17.3 Å². The number of hydrogen-bond acceptors (Lipinski definition) is 2. The van der Waals surface area contributed by atoms with Gasteiger partial charge in [0.25, 0.3) is 0 Å². The Hall–Kier alpha value is -0.830. The second-order valence-electron chi connectivity index (χ2n) is 5.21. The molecule has 0 bridgehead atoms. The first-order valence-corrected chi connectivity index (χ1v) is 7.32. The van der Waals surface area contributed by atoms with Crippen molar-refractivity contribution in [3.05, 3.63) is 22.4 Å². The van der Waals surface area contributed by atoms with Gasteiger partial charge in [-0.25, -0.2) is 0 Å². The Morgan fingerprint density at radius 2 is 2.12 bits per heavy atom. The van der Waals surface area contributed by atoms with Gasteiger partial charge in [-0.1, -0.05) is 25.3 Å². The number of rotatable bonds is 5. The van der Waals surface area contributed by atoms with Gasteiger partial charge in [-0.2, -0.15) is 0 Å². The van der Waals surface area contributed by atoms with Crippen LogP contribution in [0.4, 0.5) is 0 Å². The molecule has 1 heterocycles. The molecular formula is C14H20O2S. The first-order chi connectivity index (χ1) is 8.20. The van der Waals surface area contributed by atoms with Crippen LogP contribution >= 0.6 is 11.3 Å². The lowest BCUT2D eigenvalue weighted by Crippen LogP contribution is -2.28. The molecular weight excluding hydrogens is 232 g/mol. The van der Waals surface area contributed by atoms with Gasteiger partial charge in [0.05, 0.1) is 6.42 Å². The van der Waals surface area contributed by atoms with Crippen LogP contribution in [-0.4, -0.2) is 11.1 Å². The van der Waals surface area contributed by atoms with E-state index in [2.05, 4.69) is 17.5 Å². The molecule has 0 radical (unpaired) electrons. The molecule has 1 fully saturated rings. The maximum Gasteiger partial charge on any atom is 0.303 e. The number of hydrogen-bond donors (Lipinski definition) is 1. The molecule has 0 atom stereocenters. The summed E-state index contributed by atoms with van der Waals surface area (Å²) in [7, 11) is 0. The van der Waals surface area contributed by atoms with E-state index in [9.17, 15) is 4.79 Å². The minimum absolute atomic E-state index is 0.0775. The highest BCUT2D eigenvalue weighted by Gasteiger charge is 2.33. The molecule has 0 saturated heterocycles. The van der Waals surface area contributed by atoms with E-state index >= 15 is 0 Å². The molecule has 1 aromatic rings. The lowest BCUT2D eigenvalue weighted by atomic mass is 9.69. The maximum absolute atomic E-state index is 11.0. The predicted octanol–water partition coefficient (Wildman–Crippen LogP) is 4.11. The lowest BCUT2D eigenvalue weighted by molar-refractivity contribution is -0.140. The van der Waals surface area contributed by atoms with Gasteiger partial charge in [-0.05, 0) is 42.5 Å². The zero-order valence-corrected chi connectivity index (χ0v) is 11.0. The smallest absolute Gasteiger partial charge is 0.303 e. The molecule has 0 aromatic carbocycles. The molecule has 3 heteroatoms. The Morgan fingerprint density at radius 3 is 2.71 bits per heavy atom. The average Bonchev–Trinajstić information content (AvgIpc) is 2.80. The van der Waals surface area contributed by atoms with Gasteiger partial charge < -0.3 is 5.11 Å². The van der Waals surface area contributed by atoms with Gasteiger partial charge in [0.1, 0.15) is 0 Å². The topological polar surface area (TPSA) is 37.3 Å². The van der Waals surface area contributed by atoms with Crippen molar-refractivity contribution in [3.8, 4) is 0 Å². The fraction of sp³-hybridized carbons (Fsp3) is 0.643. The molecule has 2 nitrogen and oxygen atoms in total. The lowest BCUT2D eigenvalue weighted by Gasteiger charge is -2.36. The van der Waals surface area contributed by atoms with Gasteiger partial charge in [0.15, 0.2) is 0 Å². The summed E-state index contributed by atoms with van der Waals surface area (Å²) in [6, 6.07) is 4.23. The molecule has 2 rings (SSSR count). The van der Waals surface area contributed by atoms with Gasteiger partial charge in [-0.15, -0.1) is 11.3 Å². The Bertz CT molecular complexity index is 350. The Labute approximate surface area is 107 Å². The normalized spacial score (nSPS) is 19.1. The molecule has 0 aliphatic heterocycles. The van der Waals surface area contributed by atoms with Crippen LogP contribution in [0.25, 0.3) is 0 Å². The summed E-state index contributed by atoms with van der Waals surface area (Å²) in [5.41, 5.74) is 0.0775. The van der Waals surface area contributed by atoms with E-state index in [1.165, 1.54) is 24.1 Å². The summed E-state index contributed by atoms with van der Waals surface area (Å²) >= 11 is 1.78. The fourth-order valence-electron chi connectivity index (χ4n) is 2.98. The largest absolute Gasteiger partial charge is 0.481 e. The summed E-state index contributed by atoms with van der Waals surface area (Å²) in [5, 5.41) is 11.2. The van der Waals surface area contributed by atoms with Gasteiger partial charge in [-0.3, -0.25) is 4.79 Å². The standard InChI is InChI=1S/C14H20O2S/c15-13(16)11-14(7-2-1-3-8-14)9-6-12-5-4-10-17-12/h4-5,10H,1-3,6-9,11H2,(H,15,16). The van der Waals surface area contributed by atoms with Gasteiger partial charge in [0, 0.05) is 4.88 Å². The van der Waals surface area contributed by atoms with E-state index < -0.39 is 5.97 Å². The molecule has 1 aromatic heterocycles. The molecule has 0 unspecified atom stereocenters. The number of carboxylic acids is 1. The first kappa shape index (κ1) is 12.6. The summed E-state index contributed by atoms with van der Waals surface area (Å²) in [4.78, 5) is 12.4. The number of aliphatic carboxylic acids is 1. The highest BCUT2D eigenvalue weighted by atomic mass is 32.1. The Kier molecular flexibility index (Phi) is 4.21. The molecule has 17 heavy (non-hydrogen) atoms. The number of carbonyl (C=O) groups is 1. The fourth-order valence-corrected chi connectivity index (χ4v) is 3.69. The van der Waals surface area contributed by atoms with Crippen molar-refractivity contribution in [2.45, 2.75) is 51.4 Å². The molecule has 0 amide bonds.